The predicted octanol–water partition coefficient (Wildman–Crippen LogP) is 7.30. The molecule has 0 unspecified atom stereocenters. The number of nitrogens with zero attached hydrogens (tertiary/aromatic N) is 3. The smallest absolute Gasteiger partial charge is 0.220 e. The van der Waals surface area contributed by atoms with Crippen LogP contribution in [0.25, 0.3) is 33.5 Å². The molecule has 3 aromatic carbocycles. The lowest BCUT2D eigenvalue weighted by molar-refractivity contribution is -0.121. The number of ketones is 1. The van der Waals surface area contributed by atoms with E-state index in [9.17, 15) is 9.59 Å². The fourth-order valence-electron chi connectivity index (χ4n) is 8.34. The van der Waals surface area contributed by atoms with Crippen molar-refractivity contribution >= 4 is 34.9 Å². The Balaban J connectivity index is 0.939. The number of halogens is 2. The first kappa shape index (κ1) is 33.2. The molecule has 258 valence electrons. The van der Waals surface area contributed by atoms with Crippen molar-refractivity contribution in [1.29, 1.82) is 0 Å². The molecule has 1 amide bonds. The highest BCUT2D eigenvalue weighted by atomic mass is 35.5. The topological polar surface area (TPSA) is 84.0 Å². The summed E-state index contributed by atoms with van der Waals surface area (Å²) in [6, 6.07) is 23.9. The number of nitrogens with one attached hydrogen (secondary N) is 1. The highest BCUT2D eigenvalue weighted by molar-refractivity contribution is 6.39. The lowest BCUT2D eigenvalue weighted by atomic mass is 9.78. The van der Waals surface area contributed by atoms with Crippen LogP contribution in [0.1, 0.15) is 37.7 Å². The standard InChI is InChI=1S/C40H40Cl2N4O4/c1-49-38-27(21-46-24-40(25-46)17-15-35(48)44-40)10-13-34(43-38)33-7-3-6-32(37(33)42)31-5-2-4-30(36(31)41)26-8-11-29(12-9-26)50-19-18-45-22-39(23-45)16-14-28(47)20-39/h2-13H,14-25H2,1H3,(H,44,48). The van der Waals surface area contributed by atoms with Gasteiger partial charge in [0.05, 0.1) is 28.4 Å². The molecule has 2 spiro atoms. The van der Waals surface area contributed by atoms with Gasteiger partial charge in [0.25, 0.3) is 0 Å². The summed E-state index contributed by atoms with van der Waals surface area (Å²) in [4.78, 5) is 33.0. The first-order valence-corrected chi connectivity index (χ1v) is 18.1. The van der Waals surface area contributed by atoms with Crippen molar-refractivity contribution in [3.63, 3.8) is 0 Å². The first-order valence-electron chi connectivity index (χ1n) is 17.3. The highest BCUT2D eigenvalue weighted by Gasteiger charge is 2.48. The Morgan fingerprint density at radius 2 is 1.50 bits per heavy atom. The van der Waals surface area contributed by atoms with Gasteiger partial charge in [-0.1, -0.05) is 77.8 Å². The monoisotopic (exact) mass is 710 g/mol. The fraction of sp³-hybridized carbons (Fsp3) is 0.375. The third kappa shape index (κ3) is 6.39. The summed E-state index contributed by atoms with van der Waals surface area (Å²) in [5.41, 5.74) is 6.21. The summed E-state index contributed by atoms with van der Waals surface area (Å²) in [7, 11) is 1.63. The minimum absolute atomic E-state index is 0.0694. The van der Waals surface area contributed by atoms with Crippen LogP contribution in [-0.2, 0) is 16.1 Å². The lowest BCUT2D eigenvalue weighted by Crippen LogP contribution is -2.66. The quantitative estimate of drug-likeness (QED) is 0.185. The van der Waals surface area contributed by atoms with Gasteiger partial charge >= 0.3 is 0 Å². The van der Waals surface area contributed by atoms with E-state index in [0.717, 1.165) is 97.5 Å². The van der Waals surface area contributed by atoms with E-state index >= 15 is 0 Å². The zero-order valence-electron chi connectivity index (χ0n) is 28.1. The van der Waals surface area contributed by atoms with Crippen molar-refractivity contribution in [2.45, 2.75) is 44.2 Å². The average molecular weight is 712 g/mol. The molecular weight excluding hydrogens is 671 g/mol. The van der Waals surface area contributed by atoms with E-state index in [1.165, 1.54) is 0 Å². The molecular formula is C40H40Cl2N4O4. The Labute approximate surface area is 302 Å². The van der Waals surface area contributed by atoms with Gasteiger partial charge in [0.2, 0.25) is 11.8 Å². The normalized spacial score (nSPS) is 19.4. The fourth-order valence-corrected chi connectivity index (χ4v) is 9.01. The van der Waals surface area contributed by atoms with Gasteiger partial charge in [-0.05, 0) is 36.6 Å². The van der Waals surface area contributed by atoms with Gasteiger partial charge in [-0.15, -0.1) is 0 Å². The number of likely N-dealkylation sites (tertiary alicyclic amines) is 2. The Hall–Kier alpha value is -3.95. The van der Waals surface area contributed by atoms with Crippen molar-refractivity contribution in [3.05, 3.63) is 88.4 Å². The number of rotatable bonds is 10. The van der Waals surface area contributed by atoms with Crippen molar-refractivity contribution in [2.75, 3.05) is 46.4 Å². The summed E-state index contributed by atoms with van der Waals surface area (Å²) >= 11 is 14.2. The minimum Gasteiger partial charge on any atom is -0.492 e. The van der Waals surface area contributed by atoms with Gasteiger partial charge < -0.3 is 14.8 Å². The summed E-state index contributed by atoms with van der Waals surface area (Å²) in [6.45, 7) is 5.84. The van der Waals surface area contributed by atoms with E-state index in [2.05, 4.69) is 15.1 Å². The number of hydrogen-bond donors (Lipinski definition) is 1. The van der Waals surface area contributed by atoms with Crippen LogP contribution in [0.3, 0.4) is 0 Å². The Bertz CT molecular complexity index is 1950. The molecule has 3 saturated heterocycles. The Morgan fingerprint density at radius 1 is 0.800 bits per heavy atom. The van der Waals surface area contributed by atoms with Crippen LogP contribution in [0.4, 0.5) is 0 Å². The van der Waals surface area contributed by atoms with Crippen LogP contribution >= 0.6 is 23.2 Å². The molecule has 1 N–H and O–H groups in total. The number of hydrogen-bond acceptors (Lipinski definition) is 7. The number of Topliss-reactive ketones (excluding diaryl/α,β-unsaturated/α-hetero) is 1. The van der Waals surface area contributed by atoms with Gasteiger partial charge in [0, 0.05) is 91.8 Å². The molecule has 4 aliphatic rings. The van der Waals surface area contributed by atoms with Crippen molar-refractivity contribution < 1.29 is 19.1 Å². The van der Waals surface area contributed by atoms with E-state index in [-0.39, 0.29) is 16.9 Å². The summed E-state index contributed by atoms with van der Waals surface area (Å²) in [5.74, 6) is 1.93. The maximum atomic E-state index is 11.7. The highest BCUT2D eigenvalue weighted by Crippen LogP contribution is 2.44. The van der Waals surface area contributed by atoms with E-state index in [1.807, 2.05) is 72.8 Å². The molecule has 0 radical (unpaired) electrons. The largest absolute Gasteiger partial charge is 0.492 e. The zero-order chi connectivity index (χ0) is 34.5. The molecule has 8 rings (SSSR count). The van der Waals surface area contributed by atoms with Crippen LogP contribution in [0.5, 0.6) is 11.6 Å². The molecule has 3 aliphatic heterocycles. The third-order valence-corrected chi connectivity index (χ3v) is 11.7. The maximum absolute atomic E-state index is 11.7. The van der Waals surface area contributed by atoms with Crippen molar-refractivity contribution in [1.82, 2.24) is 20.1 Å². The summed E-state index contributed by atoms with van der Waals surface area (Å²) in [5, 5.41) is 4.32. The number of methoxy groups -OCH3 is 1. The number of benzene rings is 3. The molecule has 0 atom stereocenters. The SMILES string of the molecule is COc1nc(-c2cccc(-c3cccc(-c4ccc(OCCN5CC6(CCC(=O)C6)C5)cc4)c3Cl)c2Cl)ccc1CN1CC2(CCC(=O)N2)C1. The zero-order valence-corrected chi connectivity index (χ0v) is 29.7. The molecule has 50 heavy (non-hydrogen) atoms. The maximum Gasteiger partial charge on any atom is 0.220 e. The number of ether oxygens (including phenoxy) is 2. The van der Waals surface area contributed by atoms with Crippen LogP contribution in [0.15, 0.2) is 72.8 Å². The number of carbonyl (C=O) groups excluding carboxylic acids is 2. The van der Waals surface area contributed by atoms with E-state index in [4.69, 9.17) is 37.7 Å². The molecule has 1 saturated carbocycles. The van der Waals surface area contributed by atoms with Gasteiger partial charge in [0.1, 0.15) is 18.1 Å². The summed E-state index contributed by atoms with van der Waals surface area (Å²) < 4.78 is 11.8. The van der Waals surface area contributed by atoms with Crippen LogP contribution in [0.2, 0.25) is 10.0 Å². The predicted molar refractivity (Wildman–Crippen MR) is 196 cm³/mol. The van der Waals surface area contributed by atoms with Gasteiger partial charge in [-0.3, -0.25) is 19.4 Å². The number of amides is 1. The molecule has 1 aliphatic carbocycles. The second kappa shape index (κ2) is 13.3. The molecule has 1 aromatic heterocycles. The minimum atomic E-state index is -0.0694. The third-order valence-electron chi connectivity index (χ3n) is 10.8. The number of pyridine rings is 1. The van der Waals surface area contributed by atoms with Gasteiger partial charge in [-0.2, -0.15) is 0 Å². The summed E-state index contributed by atoms with van der Waals surface area (Å²) in [6.07, 6.45) is 4.04. The molecule has 10 heteroatoms. The molecule has 0 bridgehead atoms. The van der Waals surface area contributed by atoms with Crippen LogP contribution in [0, 0.1) is 5.41 Å². The Morgan fingerprint density at radius 3 is 2.16 bits per heavy atom. The van der Waals surface area contributed by atoms with Gasteiger partial charge in [-0.25, -0.2) is 4.98 Å². The van der Waals surface area contributed by atoms with E-state index in [1.54, 1.807) is 7.11 Å². The van der Waals surface area contributed by atoms with Gasteiger partial charge in [0.15, 0.2) is 0 Å². The van der Waals surface area contributed by atoms with Crippen molar-refractivity contribution in [2.24, 2.45) is 5.41 Å². The number of carbonyl (C=O) groups is 2. The molecule has 8 nitrogen and oxygen atoms in total. The lowest BCUT2D eigenvalue weighted by Gasteiger charge is -2.48. The van der Waals surface area contributed by atoms with E-state index < -0.39 is 0 Å². The average Bonchev–Trinajstić information content (AvgIpc) is 3.68. The van der Waals surface area contributed by atoms with Crippen LogP contribution < -0.4 is 14.8 Å². The number of aromatic nitrogens is 1. The first-order chi connectivity index (χ1) is 24.2. The second-order valence-corrected chi connectivity index (χ2v) is 15.2. The molecule has 4 heterocycles. The molecule has 4 fully saturated rings. The van der Waals surface area contributed by atoms with E-state index in [0.29, 0.717) is 47.0 Å². The van der Waals surface area contributed by atoms with Crippen LogP contribution in [-0.4, -0.2) is 78.5 Å². The molecule has 4 aromatic rings. The Kier molecular flexibility index (Phi) is 8.84. The second-order valence-electron chi connectivity index (χ2n) is 14.5. The van der Waals surface area contributed by atoms with Crippen molar-refractivity contribution in [3.8, 4) is 45.1 Å².